The Labute approximate surface area is 90.1 Å². The molecular formula is C11H17N3O. The third kappa shape index (κ3) is 3.67. The third-order valence-electron chi connectivity index (χ3n) is 2.27. The zero-order valence-electron chi connectivity index (χ0n) is 9.02. The van der Waals surface area contributed by atoms with Crippen LogP contribution in [-0.2, 0) is 4.79 Å². The zero-order chi connectivity index (χ0) is 11.1. The highest BCUT2D eigenvalue weighted by Crippen LogP contribution is 2.11. The Bertz CT molecular complexity index is 300. The topological polar surface area (TPSA) is 59.2 Å². The van der Waals surface area contributed by atoms with E-state index in [1.54, 1.807) is 24.3 Å². The van der Waals surface area contributed by atoms with Crippen molar-refractivity contribution in [2.24, 2.45) is 5.73 Å². The molecule has 1 rings (SSSR count). The number of pyridine rings is 1. The van der Waals surface area contributed by atoms with Gasteiger partial charge in [0.1, 0.15) is 0 Å². The highest BCUT2D eigenvalue weighted by atomic mass is 16.2. The summed E-state index contributed by atoms with van der Waals surface area (Å²) >= 11 is 0. The van der Waals surface area contributed by atoms with Crippen LogP contribution in [0.15, 0.2) is 24.5 Å². The van der Waals surface area contributed by atoms with Gasteiger partial charge >= 0.3 is 0 Å². The number of aromatic nitrogens is 1. The molecule has 1 aromatic heterocycles. The first-order valence-electron chi connectivity index (χ1n) is 5.12. The van der Waals surface area contributed by atoms with E-state index in [4.69, 9.17) is 5.73 Å². The number of unbranched alkanes of at least 4 members (excludes halogenated alkanes) is 1. The molecule has 0 aliphatic carbocycles. The Balaban J connectivity index is 2.46. The van der Waals surface area contributed by atoms with Crippen LogP contribution in [-0.4, -0.2) is 24.5 Å². The van der Waals surface area contributed by atoms with E-state index in [-0.39, 0.29) is 5.91 Å². The van der Waals surface area contributed by atoms with Crippen LogP contribution in [0.3, 0.4) is 0 Å². The van der Waals surface area contributed by atoms with Gasteiger partial charge in [-0.2, -0.15) is 0 Å². The lowest BCUT2D eigenvalue weighted by Crippen LogP contribution is -2.25. The summed E-state index contributed by atoms with van der Waals surface area (Å²) in [6.45, 7) is 0.645. The Morgan fingerprint density at radius 3 is 2.67 bits per heavy atom. The fourth-order valence-electron chi connectivity index (χ4n) is 1.30. The first kappa shape index (κ1) is 11.7. The van der Waals surface area contributed by atoms with Gasteiger partial charge in [0.05, 0.1) is 0 Å². The smallest absolute Gasteiger partial charge is 0.226 e. The first-order chi connectivity index (χ1) is 7.25. The molecule has 0 saturated heterocycles. The number of carbonyl (C=O) groups is 1. The lowest BCUT2D eigenvalue weighted by Gasteiger charge is -2.16. The van der Waals surface area contributed by atoms with Crippen molar-refractivity contribution in [1.82, 2.24) is 4.98 Å². The van der Waals surface area contributed by atoms with Crippen LogP contribution in [0.25, 0.3) is 0 Å². The van der Waals surface area contributed by atoms with Gasteiger partial charge in [-0.15, -0.1) is 0 Å². The van der Waals surface area contributed by atoms with E-state index in [0.29, 0.717) is 13.0 Å². The number of nitrogens with two attached hydrogens (primary N) is 1. The Hall–Kier alpha value is -1.42. The highest BCUT2D eigenvalue weighted by molar-refractivity contribution is 5.92. The van der Waals surface area contributed by atoms with E-state index in [2.05, 4.69) is 4.98 Å². The van der Waals surface area contributed by atoms with Crippen LogP contribution in [0, 0.1) is 0 Å². The lowest BCUT2D eigenvalue weighted by atomic mass is 10.2. The number of amides is 1. The molecule has 0 bridgehead atoms. The Kier molecular flexibility index (Phi) is 4.77. The molecule has 0 unspecified atom stereocenters. The molecule has 2 N–H and O–H groups in total. The third-order valence-corrected chi connectivity index (χ3v) is 2.27. The van der Waals surface area contributed by atoms with Gasteiger partial charge in [0, 0.05) is 31.5 Å². The molecule has 1 aromatic rings. The zero-order valence-corrected chi connectivity index (χ0v) is 9.02. The van der Waals surface area contributed by atoms with Crippen LogP contribution >= 0.6 is 0 Å². The second-order valence-corrected chi connectivity index (χ2v) is 3.40. The van der Waals surface area contributed by atoms with E-state index in [1.807, 2.05) is 12.1 Å². The molecule has 4 nitrogen and oxygen atoms in total. The summed E-state index contributed by atoms with van der Waals surface area (Å²) in [6.07, 6.45) is 5.66. The highest BCUT2D eigenvalue weighted by Gasteiger charge is 2.09. The molecular weight excluding hydrogens is 190 g/mol. The molecule has 1 amide bonds. The predicted octanol–water partition coefficient (Wildman–Crippen LogP) is 1.17. The second kappa shape index (κ2) is 6.14. The van der Waals surface area contributed by atoms with Crippen LogP contribution in [0.4, 0.5) is 5.69 Å². The van der Waals surface area contributed by atoms with Gasteiger partial charge in [-0.3, -0.25) is 9.78 Å². The van der Waals surface area contributed by atoms with Crippen molar-refractivity contribution in [2.75, 3.05) is 18.5 Å². The fourth-order valence-corrected chi connectivity index (χ4v) is 1.30. The van der Waals surface area contributed by atoms with Crippen LogP contribution in [0.2, 0.25) is 0 Å². The molecule has 0 atom stereocenters. The van der Waals surface area contributed by atoms with Crippen molar-refractivity contribution in [1.29, 1.82) is 0 Å². The van der Waals surface area contributed by atoms with Crippen molar-refractivity contribution in [2.45, 2.75) is 19.3 Å². The molecule has 4 heteroatoms. The molecule has 0 aliphatic heterocycles. The summed E-state index contributed by atoms with van der Waals surface area (Å²) in [4.78, 5) is 17.2. The van der Waals surface area contributed by atoms with Gasteiger partial charge in [0.25, 0.3) is 0 Å². The molecule has 82 valence electrons. The molecule has 0 radical (unpaired) electrons. The van der Waals surface area contributed by atoms with E-state index < -0.39 is 0 Å². The van der Waals surface area contributed by atoms with Crippen molar-refractivity contribution in [3.63, 3.8) is 0 Å². The van der Waals surface area contributed by atoms with Gasteiger partial charge in [0.15, 0.2) is 0 Å². The largest absolute Gasteiger partial charge is 0.330 e. The predicted molar refractivity (Wildman–Crippen MR) is 60.6 cm³/mol. The normalized spacial score (nSPS) is 10.0. The molecule has 0 aromatic carbocycles. The van der Waals surface area contributed by atoms with Crippen LogP contribution in [0.5, 0.6) is 0 Å². The minimum atomic E-state index is 0.120. The van der Waals surface area contributed by atoms with Crippen molar-refractivity contribution >= 4 is 11.6 Å². The quantitative estimate of drug-likeness (QED) is 0.737. The number of hydrogen-bond acceptors (Lipinski definition) is 3. The van der Waals surface area contributed by atoms with Crippen LogP contribution < -0.4 is 10.6 Å². The average Bonchev–Trinajstić information content (AvgIpc) is 2.29. The average molecular weight is 207 g/mol. The minimum absolute atomic E-state index is 0.120. The number of anilines is 1. The summed E-state index contributed by atoms with van der Waals surface area (Å²) in [5.41, 5.74) is 6.25. The van der Waals surface area contributed by atoms with E-state index >= 15 is 0 Å². The molecule has 0 spiro atoms. The molecule has 0 fully saturated rings. The van der Waals surface area contributed by atoms with Gasteiger partial charge in [-0.25, -0.2) is 0 Å². The van der Waals surface area contributed by atoms with Gasteiger partial charge in [-0.05, 0) is 31.5 Å². The fraction of sp³-hybridized carbons (Fsp3) is 0.455. The number of nitrogens with zero attached hydrogens (tertiary/aromatic N) is 2. The molecule has 0 saturated carbocycles. The van der Waals surface area contributed by atoms with E-state index in [0.717, 1.165) is 18.5 Å². The SMILES string of the molecule is CN(C(=O)CCCCN)c1ccncc1. The molecule has 1 heterocycles. The van der Waals surface area contributed by atoms with Crippen molar-refractivity contribution in [3.8, 4) is 0 Å². The Morgan fingerprint density at radius 2 is 2.07 bits per heavy atom. The van der Waals surface area contributed by atoms with Gasteiger partial charge in [0.2, 0.25) is 5.91 Å². The summed E-state index contributed by atoms with van der Waals surface area (Å²) in [5.74, 6) is 0.120. The number of hydrogen-bond donors (Lipinski definition) is 1. The van der Waals surface area contributed by atoms with Gasteiger partial charge in [-0.1, -0.05) is 0 Å². The van der Waals surface area contributed by atoms with Crippen molar-refractivity contribution < 1.29 is 4.79 Å². The maximum atomic E-state index is 11.7. The Morgan fingerprint density at radius 1 is 1.40 bits per heavy atom. The maximum absolute atomic E-state index is 11.7. The lowest BCUT2D eigenvalue weighted by molar-refractivity contribution is -0.118. The maximum Gasteiger partial charge on any atom is 0.226 e. The standard InChI is InChI=1S/C11H17N3O/c1-14(10-5-8-13-9-6-10)11(15)4-2-3-7-12/h5-6,8-9H,2-4,7,12H2,1H3. The number of rotatable bonds is 5. The summed E-state index contributed by atoms with van der Waals surface area (Å²) in [7, 11) is 1.78. The van der Waals surface area contributed by atoms with E-state index in [1.165, 1.54) is 0 Å². The second-order valence-electron chi connectivity index (χ2n) is 3.40. The van der Waals surface area contributed by atoms with Crippen molar-refractivity contribution in [3.05, 3.63) is 24.5 Å². The molecule has 0 aliphatic rings. The minimum Gasteiger partial charge on any atom is -0.330 e. The summed E-state index contributed by atoms with van der Waals surface area (Å²) < 4.78 is 0. The monoisotopic (exact) mass is 207 g/mol. The summed E-state index contributed by atoms with van der Waals surface area (Å²) in [5, 5.41) is 0. The van der Waals surface area contributed by atoms with Gasteiger partial charge < -0.3 is 10.6 Å². The number of carbonyl (C=O) groups excluding carboxylic acids is 1. The van der Waals surface area contributed by atoms with Crippen LogP contribution in [0.1, 0.15) is 19.3 Å². The summed E-state index contributed by atoms with van der Waals surface area (Å²) in [6, 6.07) is 3.64. The molecule has 15 heavy (non-hydrogen) atoms. The van der Waals surface area contributed by atoms with E-state index in [9.17, 15) is 4.79 Å². The first-order valence-corrected chi connectivity index (χ1v) is 5.12.